The van der Waals surface area contributed by atoms with Gasteiger partial charge in [0.05, 0.1) is 11.8 Å². The van der Waals surface area contributed by atoms with Crippen LogP contribution in [0.1, 0.15) is 17.5 Å². The predicted molar refractivity (Wildman–Crippen MR) is 110 cm³/mol. The van der Waals surface area contributed by atoms with Crippen molar-refractivity contribution in [2.75, 3.05) is 5.33 Å². The van der Waals surface area contributed by atoms with Crippen molar-refractivity contribution in [1.29, 1.82) is 0 Å². The minimum absolute atomic E-state index is 0.0951. The molecular weight excluding hydrogens is 487 g/mol. The number of aliphatic imine (C=N–C) groups is 2. The molecule has 0 fully saturated rings. The zero-order chi connectivity index (χ0) is 21.3. The lowest BCUT2D eigenvalue weighted by Crippen LogP contribution is -2.32. The largest absolute Gasteiger partial charge is 0.424 e. The van der Waals surface area contributed by atoms with Crippen molar-refractivity contribution in [3.63, 3.8) is 0 Å². The molecule has 4 rings (SSSR count). The molecule has 2 aromatic rings. The Morgan fingerprint density at radius 1 is 1.23 bits per heavy atom. The molecule has 2 atom stereocenters. The van der Waals surface area contributed by atoms with Crippen molar-refractivity contribution in [2.24, 2.45) is 9.98 Å². The van der Waals surface area contributed by atoms with Gasteiger partial charge < -0.3 is 9.73 Å². The minimum Gasteiger partial charge on any atom is -0.424 e. The highest BCUT2D eigenvalue weighted by atomic mass is 79.9. The number of hydrogen-bond acceptors (Lipinski definition) is 6. The molecule has 0 radical (unpaired) electrons. The first-order valence-electron chi connectivity index (χ1n) is 8.59. The van der Waals surface area contributed by atoms with Crippen molar-refractivity contribution in [3.8, 4) is 0 Å². The summed E-state index contributed by atoms with van der Waals surface area (Å²) in [4.78, 5) is 8.58. The summed E-state index contributed by atoms with van der Waals surface area (Å²) < 4.78 is 46.6. The molecule has 3 heterocycles. The zero-order valence-corrected chi connectivity index (χ0v) is 17.3. The van der Waals surface area contributed by atoms with Crippen molar-refractivity contribution in [2.45, 2.75) is 12.2 Å². The third-order valence-electron chi connectivity index (χ3n) is 4.31. The molecule has 30 heavy (non-hydrogen) atoms. The van der Waals surface area contributed by atoms with Gasteiger partial charge in [0.2, 0.25) is 12.3 Å². The highest BCUT2D eigenvalue weighted by Gasteiger charge is 2.32. The molecule has 0 saturated heterocycles. The van der Waals surface area contributed by atoms with Crippen LogP contribution >= 0.6 is 27.5 Å². The lowest BCUT2D eigenvalue weighted by Gasteiger charge is -2.27. The molecular formula is C19H12BrClF3N5O. The van der Waals surface area contributed by atoms with Gasteiger partial charge in [0.15, 0.2) is 5.84 Å². The molecule has 0 amide bonds. The number of benzene rings is 1. The fourth-order valence-electron chi connectivity index (χ4n) is 3.03. The van der Waals surface area contributed by atoms with E-state index in [2.05, 4.69) is 41.4 Å². The fraction of sp³-hybridized carbons (Fsp3) is 0.158. The molecule has 154 valence electrons. The van der Waals surface area contributed by atoms with Crippen molar-refractivity contribution in [1.82, 2.24) is 15.5 Å². The summed E-state index contributed by atoms with van der Waals surface area (Å²) in [6.07, 6.45) is 2.30. The molecule has 1 aromatic carbocycles. The van der Waals surface area contributed by atoms with Crippen LogP contribution in [-0.4, -0.2) is 33.7 Å². The summed E-state index contributed by atoms with van der Waals surface area (Å²) in [6.45, 7) is 0. The number of amidine groups is 1. The van der Waals surface area contributed by atoms with Gasteiger partial charge in [0, 0.05) is 21.6 Å². The van der Waals surface area contributed by atoms with Gasteiger partial charge in [-0.15, -0.1) is 10.2 Å². The van der Waals surface area contributed by atoms with Crippen molar-refractivity contribution in [3.05, 3.63) is 76.3 Å². The molecule has 0 saturated carbocycles. The first kappa shape index (κ1) is 20.5. The lowest BCUT2D eigenvalue weighted by atomic mass is 9.95. The smallest absolute Gasteiger partial charge is 0.247 e. The second-order valence-electron chi connectivity index (χ2n) is 6.25. The third kappa shape index (κ3) is 4.10. The number of rotatable bonds is 4. The molecule has 6 nitrogen and oxygen atoms in total. The Hall–Kier alpha value is -2.72. The van der Waals surface area contributed by atoms with Crippen molar-refractivity contribution < 1.29 is 17.6 Å². The van der Waals surface area contributed by atoms with E-state index in [0.717, 1.165) is 30.8 Å². The van der Waals surface area contributed by atoms with Gasteiger partial charge in [0.1, 0.15) is 29.6 Å². The van der Waals surface area contributed by atoms with Crippen LogP contribution in [0.15, 0.2) is 68.4 Å². The molecule has 2 unspecified atom stereocenters. The monoisotopic (exact) mass is 497 g/mol. The number of allylic oxidation sites excluding steroid dienone is 4. The maximum atomic E-state index is 14.0. The van der Waals surface area contributed by atoms with Crippen LogP contribution in [0, 0.1) is 5.82 Å². The van der Waals surface area contributed by atoms with E-state index in [1.165, 1.54) is 12.1 Å². The normalized spacial score (nSPS) is 21.6. The van der Waals surface area contributed by atoms with Crippen molar-refractivity contribution >= 4 is 45.2 Å². The Morgan fingerprint density at radius 3 is 2.77 bits per heavy atom. The van der Waals surface area contributed by atoms with Crippen LogP contribution in [0.2, 0.25) is 5.02 Å². The van der Waals surface area contributed by atoms with Crippen LogP contribution in [0.5, 0.6) is 0 Å². The van der Waals surface area contributed by atoms with Crippen LogP contribution in [0.3, 0.4) is 0 Å². The Bertz CT molecular complexity index is 1130. The van der Waals surface area contributed by atoms with E-state index in [-0.39, 0.29) is 22.4 Å². The Balaban J connectivity index is 1.87. The quantitative estimate of drug-likeness (QED) is 0.610. The molecule has 2 aliphatic heterocycles. The van der Waals surface area contributed by atoms with E-state index >= 15 is 0 Å². The lowest BCUT2D eigenvalue weighted by molar-refractivity contribution is 0.461. The second kappa shape index (κ2) is 8.57. The molecule has 0 bridgehead atoms. The van der Waals surface area contributed by atoms with E-state index in [9.17, 15) is 13.2 Å². The summed E-state index contributed by atoms with van der Waals surface area (Å²) >= 11 is 9.68. The molecule has 2 aliphatic rings. The summed E-state index contributed by atoms with van der Waals surface area (Å²) in [5.74, 6) is -0.949. The van der Waals surface area contributed by atoms with Gasteiger partial charge >= 0.3 is 0 Å². The summed E-state index contributed by atoms with van der Waals surface area (Å²) in [5.41, 5.74) is 1.63. The van der Waals surface area contributed by atoms with Crippen LogP contribution in [-0.2, 0) is 0 Å². The van der Waals surface area contributed by atoms with Gasteiger partial charge in [-0.1, -0.05) is 33.6 Å². The summed E-state index contributed by atoms with van der Waals surface area (Å²) in [5, 5.41) is 11.1. The highest BCUT2D eigenvalue weighted by Crippen LogP contribution is 2.40. The number of nitrogens with zero attached hydrogens (tertiary/aromatic N) is 4. The number of alkyl halides is 2. The second-order valence-corrected chi connectivity index (χ2v) is 7.21. The minimum atomic E-state index is -1.69. The van der Waals surface area contributed by atoms with E-state index in [1.54, 1.807) is 0 Å². The first-order chi connectivity index (χ1) is 14.5. The molecule has 0 aliphatic carbocycles. The average molecular weight is 499 g/mol. The Morgan fingerprint density at radius 2 is 2.07 bits per heavy atom. The Labute approximate surface area is 182 Å². The van der Waals surface area contributed by atoms with E-state index in [0.29, 0.717) is 22.2 Å². The van der Waals surface area contributed by atoms with Crippen LogP contribution in [0.4, 0.5) is 13.2 Å². The SMILES string of the molecule is FC1=CC(F)C=C(C2=NC(c3ccc(F)cc3Cl)C(c3nnco3)=C(CBr)N2)N=C1. The first-order valence-corrected chi connectivity index (χ1v) is 10.1. The molecule has 0 spiro atoms. The number of aromatic nitrogens is 2. The molecule has 1 aromatic heterocycles. The number of hydrogen-bond donors (Lipinski definition) is 1. The van der Waals surface area contributed by atoms with Gasteiger partial charge in [0.25, 0.3) is 0 Å². The van der Waals surface area contributed by atoms with E-state index in [4.69, 9.17) is 16.0 Å². The van der Waals surface area contributed by atoms with Gasteiger partial charge in [-0.25, -0.2) is 13.2 Å². The van der Waals surface area contributed by atoms with Crippen LogP contribution in [0.25, 0.3) is 5.57 Å². The average Bonchev–Trinajstić information content (AvgIpc) is 3.18. The Kier molecular flexibility index (Phi) is 5.87. The fourth-order valence-corrected chi connectivity index (χ4v) is 3.74. The predicted octanol–water partition coefficient (Wildman–Crippen LogP) is 4.87. The van der Waals surface area contributed by atoms with E-state index < -0.39 is 23.9 Å². The third-order valence-corrected chi connectivity index (χ3v) is 5.20. The zero-order valence-electron chi connectivity index (χ0n) is 15.0. The molecule has 11 heteroatoms. The standard InChI is InChI=1S/C19H12BrClF3N5O/c20-6-15-16(19-29-26-8-30-19)17(12-2-1-9(22)4-13(12)21)28-18(27-15)14-5-10(23)3-11(24)7-25-14/h1-5,7-8,10,17H,6H2,(H,27,28). The highest BCUT2D eigenvalue weighted by molar-refractivity contribution is 9.09. The van der Waals surface area contributed by atoms with Gasteiger partial charge in [-0.3, -0.25) is 9.98 Å². The van der Waals surface area contributed by atoms with E-state index in [1.807, 2.05) is 0 Å². The topological polar surface area (TPSA) is 75.7 Å². The van der Waals surface area contributed by atoms with Gasteiger partial charge in [-0.2, -0.15) is 0 Å². The van der Waals surface area contributed by atoms with Crippen LogP contribution < -0.4 is 5.32 Å². The molecule has 1 N–H and O–H groups in total. The summed E-state index contributed by atoms with van der Waals surface area (Å²) in [7, 11) is 0. The van der Waals surface area contributed by atoms with Gasteiger partial charge in [-0.05, 0) is 24.3 Å². The summed E-state index contributed by atoms with van der Waals surface area (Å²) in [6, 6.07) is 3.10. The maximum Gasteiger partial charge on any atom is 0.247 e. The number of halogens is 5. The maximum absolute atomic E-state index is 14.0. The number of nitrogens with one attached hydrogen (secondary N) is 1.